The number of aliphatic hydroxyl groups excluding tert-OH is 1. The highest BCUT2D eigenvalue weighted by Gasteiger charge is 2.14. The van der Waals surface area contributed by atoms with Gasteiger partial charge in [0.1, 0.15) is 0 Å². The summed E-state index contributed by atoms with van der Waals surface area (Å²) in [6, 6.07) is 12.0. The maximum atomic E-state index is 12.2. The summed E-state index contributed by atoms with van der Waals surface area (Å²) in [4.78, 5) is 23.7. The third kappa shape index (κ3) is 4.96. The fourth-order valence-electron chi connectivity index (χ4n) is 2.25. The van der Waals surface area contributed by atoms with Gasteiger partial charge in [-0.15, -0.1) is 0 Å². The molecule has 23 heavy (non-hydrogen) atoms. The second-order valence-electron chi connectivity index (χ2n) is 5.29. The molecule has 122 valence electrons. The van der Waals surface area contributed by atoms with Gasteiger partial charge in [0, 0.05) is 31.6 Å². The van der Waals surface area contributed by atoms with Crippen LogP contribution in [0.25, 0.3) is 0 Å². The second kappa shape index (κ2) is 8.14. The third-order valence-corrected chi connectivity index (χ3v) is 3.52. The van der Waals surface area contributed by atoms with E-state index in [4.69, 9.17) is 5.11 Å². The molecule has 1 aromatic heterocycles. The molecule has 2 rings (SSSR count). The fraction of sp³-hybridized carbons (Fsp3) is 0.294. The van der Waals surface area contributed by atoms with Gasteiger partial charge in [0.15, 0.2) is 0 Å². The van der Waals surface area contributed by atoms with E-state index < -0.39 is 0 Å². The van der Waals surface area contributed by atoms with E-state index in [2.05, 4.69) is 10.6 Å². The van der Waals surface area contributed by atoms with Crippen molar-refractivity contribution in [2.75, 3.05) is 11.9 Å². The third-order valence-electron chi connectivity index (χ3n) is 3.52. The first-order valence-electron chi connectivity index (χ1n) is 7.50. The lowest BCUT2D eigenvalue weighted by Crippen LogP contribution is -2.33. The molecule has 0 bridgehead atoms. The number of aliphatic hydroxyl groups is 1. The summed E-state index contributed by atoms with van der Waals surface area (Å²) in [6.07, 6.45) is 2.81. The number of carbonyl (C=O) groups excluding carboxylic acids is 1. The Bertz CT molecular complexity index is 698. The maximum Gasteiger partial charge on any atom is 0.319 e. The molecule has 3 N–H and O–H groups in total. The Morgan fingerprint density at radius 2 is 2.00 bits per heavy atom. The Morgan fingerprint density at radius 3 is 2.65 bits per heavy atom. The van der Waals surface area contributed by atoms with E-state index in [1.807, 2.05) is 30.3 Å². The normalized spacial score (nSPS) is 11.7. The van der Waals surface area contributed by atoms with Crippen molar-refractivity contribution < 1.29 is 9.90 Å². The molecule has 6 heteroatoms. The minimum absolute atomic E-state index is 0.0708. The summed E-state index contributed by atoms with van der Waals surface area (Å²) in [6.45, 7) is 0.0708. The Labute approximate surface area is 134 Å². The van der Waals surface area contributed by atoms with Crippen LogP contribution in [0.5, 0.6) is 0 Å². The highest BCUT2D eigenvalue weighted by molar-refractivity contribution is 5.89. The molecule has 0 saturated carbocycles. The molecule has 0 aliphatic rings. The van der Waals surface area contributed by atoms with Gasteiger partial charge in [-0.1, -0.05) is 30.3 Å². The van der Waals surface area contributed by atoms with Crippen molar-refractivity contribution in [3.05, 3.63) is 64.6 Å². The van der Waals surface area contributed by atoms with E-state index in [0.717, 1.165) is 5.56 Å². The molecule has 1 unspecified atom stereocenters. The minimum atomic E-state index is -0.384. The number of carbonyl (C=O) groups is 1. The van der Waals surface area contributed by atoms with Gasteiger partial charge in [0.25, 0.3) is 5.56 Å². The van der Waals surface area contributed by atoms with Crippen LogP contribution in [0.15, 0.2) is 53.5 Å². The minimum Gasteiger partial charge on any atom is -0.396 e. The van der Waals surface area contributed by atoms with Gasteiger partial charge < -0.3 is 20.3 Å². The molecule has 0 spiro atoms. The van der Waals surface area contributed by atoms with Crippen LogP contribution in [0.1, 0.15) is 24.4 Å². The molecular weight excluding hydrogens is 294 g/mol. The van der Waals surface area contributed by atoms with Crippen LogP contribution in [0.2, 0.25) is 0 Å². The van der Waals surface area contributed by atoms with Crippen LogP contribution in [-0.4, -0.2) is 22.3 Å². The monoisotopic (exact) mass is 315 g/mol. The molecular formula is C17H21N3O3. The van der Waals surface area contributed by atoms with Crippen LogP contribution in [-0.2, 0) is 7.05 Å². The number of rotatable bonds is 6. The van der Waals surface area contributed by atoms with E-state index in [1.165, 1.54) is 10.6 Å². The number of urea groups is 1. The SMILES string of the molecule is Cn1ccc(NC(=O)NC(CCCO)c2ccccc2)cc1=O. The summed E-state index contributed by atoms with van der Waals surface area (Å²) < 4.78 is 1.43. The van der Waals surface area contributed by atoms with Crippen molar-refractivity contribution in [3.63, 3.8) is 0 Å². The average molecular weight is 315 g/mol. The molecule has 2 aromatic rings. The van der Waals surface area contributed by atoms with Gasteiger partial charge in [-0.2, -0.15) is 0 Å². The van der Waals surface area contributed by atoms with E-state index >= 15 is 0 Å². The molecule has 1 heterocycles. The molecule has 6 nitrogen and oxygen atoms in total. The molecule has 1 aromatic carbocycles. The first-order chi connectivity index (χ1) is 11.1. The fourth-order valence-corrected chi connectivity index (χ4v) is 2.25. The van der Waals surface area contributed by atoms with Crippen molar-refractivity contribution in [3.8, 4) is 0 Å². The zero-order valence-corrected chi connectivity index (χ0v) is 13.0. The number of aryl methyl sites for hydroxylation is 1. The van der Waals surface area contributed by atoms with Crippen molar-refractivity contribution in [2.45, 2.75) is 18.9 Å². The molecule has 0 aliphatic heterocycles. The molecule has 0 saturated heterocycles. The number of hydrogen-bond acceptors (Lipinski definition) is 3. The van der Waals surface area contributed by atoms with Gasteiger partial charge in [-0.25, -0.2) is 4.79 Å². The van der Waals surface area contributed by atoms with Crippen LogP contribution < -0.4 is 16.2 Å². The van der Waals surface area contributed by atoms with Crippen molar-refractivity contribution >= 4 is 11.7 Å². The first kappa shape index (κ1) is 16.8. The number of nitrogens with zero attached hydrogens (tertiary/aromatic N) is 1. The predicted molar refractivity (Wildman–Crippen MR) is 89.3 cm³/mol. The van der Waals surface area contributed by atoms with E-state index in [0.29, 0.717) is 18.5 Å². The smallest absolute Gasteiger partial charge is 0.319 e. The van der Waals surface area contributed by atoms with Crippen LogP contribution in [0, 0.1) is 0 Å². The zero-order chi connectivity index (χ0) is 16.7. The number of anilines is 1. The van der Waals surface area contributed by atoms with Gasteiger partial charge in [0.2, 0.25) is 0 Å². The van der Waals surface area contributed by atoms with E-state index in [-0.39, 0.29) is 24.2 Å². The standard InChI is InChI=1S/C17H21N3O3/c1-20-10-9-14(12-16(20)22)18-17(23)19-15(8-5-11-21)13-6-3-2-4-7-13/h2-4,6-7,9-10,12,15,21H,5,8,11H2,1H3,(H2,18,19,23). The Hall–Kier alpha value is -2.60. The largest absolute Gasteiger partial charge is 0.396 e. The quantitative estimate of drug-likeness (QED) is 0.762. The van der Waals surface area contributed by atoms with Gasteiger partial charge in [-0.3, -0.25) is 4.79 Å². The first-order valence-corrected chi connectivity index (χ1v) is 7.50. The number of nitrogens with one attached hydrogen (secondary N) is 2. The number of pyridine rings is 1. The Balaban J connectivity index is 2.04. The van der Waals surface area contributed by atoms with Crippen LogP contribution >= 0.6 is 0 Å². The number of benzene rings is 1. The molecule has 1 atom stereocenters. The van der Waals surface area contributed by atoms with Gasteiger partial charge in [0.05, 0.1) is 6.04 Å². The van der Waals surface area contributed by atoms with Crippen molar-refractivity contribution in [1.82, 2.24) is 9.88 Å². The maximum absolute atomic E-state index is 12.2. The van der Waals surface area contributed by atoms with E-state index in [9.17, 15) is 9.59 Å². The topological polar surface area (TPSA) is 83.4 Å². The summed E-state index contributed by atoms with van der Waals surface area (Å²) in [5.74, 6) is 0. The van der Waals surface area contributed by atoms with Gasteiger partial charge >= 0.3 is 6.03 Å². The van der Waals surface area contributed by atoms with Crippen molar-refractivity contribution in [1.29, 1.82) is 0 Å². The summed E-state index contributed by atoms with van der Waals surface area (Å²) in [5.41, 5.74) is 1.22. The van der Waals surface area contributed by atoms with Gasteiger partial charge in [-0.05, 0) is 24.5 Å². The van der Waals surface area contributed by atoms with E-state index in [1.54, 1.807) is 19.3 Å². The second-order valence-corrected chi connectivity index (χ2v) is 5.29. The predicted octanol–water partition coefficient (Wildman–Crippen LogP) is 2.02. The zero-order valence-electron chi connectivity index (χ0n) is 13.0. The molecule has 2 amide bonds. The lowest BCUT2D eigenvalue weighted by Gasteiger charge is -2.19. The van der Waals surface area contributed by atoms with Crippen molar-refractivity contribution in [2.24, 2.45) is 7.05 Å². The highest BCUT2D eigenvalue weighted by atomic mass is 16.3. The number of hydrogen-bond donors (Lipinski definition) is 3. The Kier molecular flexibility index (Phi) is 5.94. The summed E-state index contributed by atoms with van der Waals surface area (Å²) >= 11 is 0. The molecule has 0 radical (unpaired) electrons. The van der Waals surface area contributed by atoms with Crippen LogP contribution in [0.3, 0.4) is 0 Å². The lowest BCUT2D eigenvalue weighted by atomic mass is 10.0. The average Bonchev–Trinajstić information content (AvgIpc) is 2.55. The van der Waals surface area contributed by atoms with Crippen LogP contribution in [0.4, 0.5) is 10.5 Å². The number of amides is 2. The lowest BCUT2D eigenvalue weighted by molar-refractivity contribution is 0.244. The molecule has 0 fully saturated rings. The molecule has 0 aliphatic carbocycles. The summed E-state index contributed by atoms with van der Waals surface area (Å²) in [5, 5.41) is 14.6. The highest BCUT2D eigenvalue weighted by Crippen LogP contribution is 2.18. The summed E-state index contributed by atoms with van der Waals surface area (Å²) in [7, 11) is 1.65. The Morgan fingerprint density at radius 1 is 1.26 bits per heavy atom. The number of aromatic nitrogens is 1.